The van der Waals surface area contributed by atoms with Crippen molar-refractivity contribution in [3.63, 3.8) is 0 Å². The highest BCUT2D eigenvalue weighted by atomic mass is 32.2. The molecule has 0 amide bonds. The lowest BCUT2D eigenvalue weighted by molar-refractivity contribution is -0.384. The van der Waals surface area contributed by atoms with Gasteiger partial charge in [-0.1, -0.05) is 18.2 Å². The molecule has 0 aliphatic carbocycles. The first-order valence-electron chi connectivity index (χ1n) is 6.13. The van der Waals surface area contributed by atoms with Gasteiger partial charge in [-0.15, -0.1) is 0 Å². The van der Waals surface area contributed by atoms with Crippen LogP contribution in [-0.2, 0) is 14.3 Å². The minimum Gasteiger partial charge on any atom is -0.464 e. The van der Waals surface area contributed by atoms with Gasteiger partial charge in [-0.2, -0.15) is 11.8 Å². The second kappa shape index (κ2) is 8.91. The minimum atomic E-state index is -0.572. The second-order valence-corrected chi connectivity index (χ2v) is 5.03. The van der Waals surface area contributed by atoms with Gasteiger partial charge < -0.3 is 4.74 Å². The van der Waals surface area contributed by atoms with E-state index in [9.17, 15) is 19.7 Å². The highest BCUT2D eigenvalue weighted by Crippen LogP contribution is 2.14. The molecule has 0 aromatic heterocycles. The van der Waals surface area contributed by atoms with Crippen LogP contribution in [0.5, 0.6) is 0 Å². The van der Waals surface area contributed by atoms with Gasteiger partial charge in [0.15, 0.2) is 5.78 Å². The quantitative estimate of drug-likeness (QED) is 0.183. The number of allylic oxidation sites excluding steroid dienone is 1. The van der Waals surface area contributed by atoms with Crippen molar-refractivity contribution < 1.29 is 19.2 Å². The number of rotatable bonds is 8. The summed E-state index contributed by atoms with van der Waals surface area (Å²) >= 11 is 1.54. The van der Waals surface area contributed by atoms with E-state index >= 15 is 0 Å². The number of non-ortho nitro benzene ring substituents is 1. The third-order valence-corrected chi connectivity index (χ3v) is 2.99. The van der Waals surface area contributed by atoms with E-state index in [1.807, 2.05) is 6.26 Å². The molecule has 0 saturated carbocycles. The number of hydrogen-bond acceptors (Lipinski definition) is 6. The number of thioether (sulfide) groups is 1. The molecule has 0 saturated heterocycles. The zero-order chi connectivity index (χ0) is 15.7. The number of ketones is 1. The summed E-state index contributed by atoms with van der Waals surface area (Å²) in [7, 11) is 0. The Balaban J connectivity index is 2.52. The summed E-state index contributed by atoms with van der Waals surface area (Å²) in [5.74, 6) is -0.294. The molecule has 1 aromatic carbocycles. The molecule has 0 fully saturated rings. The van der Waals surface area contributed by atoms with Gasteiger partial charge in [0.05, 0.1) is 4.92 Å². The molecule has 0 unspecified atom stereocenters. The SMILES string of the molecule is CSCCOC(=O)CC(=O)C=Cc1cccc([N+](=O)[O-])c1. The number of carbonyl (C=O) groups is 2. The van der Waals surface area contributed by atoms with Crippen molar-refractivity contribution in [2.45, 2.75) is 6.42 Å². The van der Waals surface area contributed by atoms with Crippen LogP contribution in [0.2, 0.25) is 0 Å². The molecule has 0 heterocycles. The van der Waals surface area contributed by atoms with Gasteiger partial charge in [-0.3, -0.25) is 19.7 Å². The lowest BCUT2D eigenvalue weighted by Crippen LogP contribution is -2.11. The first-order valence-corrected chi connectivity index (χ1v) is 7.52. The van der Waals surface area contributed by atoms with Gasteiger partial charge in [-0.25, -0.2) is 0 Å². The van der Waals surface area contributed by atoms with Crippen LogP contribution in [0.3, 0.4) is 0 Å². The summed E-state index contributed by atoms with van der Waals surface area (Å²) in [5, 5.41) is 10.6. The van der Waals surface area contributed by atoms with Crippen molar-refractivity contribution in [2.24, 2.45) is 0 Å². The van der Waals surface area contributed by atoms with Crippen molar-refractivity contribution in [1.82, 2.24) is 0 Å². The van der Waals surface area contributed by atoms with Crippen molar-refractivity contribution in [3.8, 4) is 0 Å². The summed E-state index contributed by atoms with van der Waals surface area (Å²) in [5.41, 5.74) is 0.467. The third kappa shape index (κ3) is 6.71. The van der Waals surface area contributed by atoms with Crippen LogP contribution in [0.15, 0.2) is 30.3 Å². The van der Waals surface area contributed by atoms with Gasteiger partial charge in [0.2, 0.25) is 0 Å². The van der Waals surface area contributed by atoms with Crippen molar-refractivity contribution in [1.29, 1.82) is 0 Å². The Morgan fingerprint density at radius 1 is 1.43 bits per heavy atom. The maximum absolute atomic E-state index is 11.6. The Labute approximate surface area is 126 Å². The fraction of sp³-hybridized carbons (Fsp3) is 0.286. The fourth-order valence-corrected chi connectivity index (χ4v) is 1.67. The Hall–Kier alpha value is -2.15. The highest BCUT2D eigenvalue weighted by Gasteiger charge is 2.08. The number of nitro groups is 1. The van der Waals surface area contributed by atoms with Crippen LogP contribution in [0.4, 0.5) is 5.69 Å². The van der Waals surface area contributed by atoms with Crippen molar-refractivity contribution >= 4 is 35.3 Å². The maximum atomic E-state index is 11.6. The Bertz CT molecular complexity index is 556. The van der Waals surface area contributed by atoms with E-state index in [1.54, 1.807) is 17.8 Å². The van der Waals surface area contributed by atoms with Crippen molar-refractivity contribution in [3.05, 3.63) is 46.0 Å². The number of ether oxygens (including phenoxy) is 1. The molecule has 112 valence electrons. The first kappa shape index (κ1) is 16.9. The molecule has 1 aromatic rings. The number of carbonyl (C=O) groups excluding carboxylic acids is 2. The number of benzene rings is 1. The van der Waals surface area contributed by atoms with Crippen LogP contribution in [0.25, 0.3) is 6.08 Å². The molecular formula is C14H15NO5S. The van der Waals surface area contributed by atoms with Crippen LogP contribution < -0.4 is 0 Å². The smallest absolute Gasteiger partial charge is 0.313 e. The van der Waals surface area contributed by atoms with Gasteiger partial charge in [-0.05, 0) is 17.9 Å². The molecule has 0 aliphatic heterocycles. The molecule has 0 spiro atoms. The lowest BCUT2D eigenvalue weighted by Gasteiger charge is -2.01. The standard InChI is InChI=1S/C14H15NO5S/c1-21-8-7-20-14(17)10-13(16)6-5-11-3-2-4-12(9-11)15(18)19/h2-6,9H,7-8,10H2,1H3. The maximum Gasteiger partial charge on any atom is 0.313 e. The Morgan fingerprint density at radius 3 is 2.86 bits per heavy atom. The van der Waals surface area contributed by atoms with Crippen LogP contribution >= 0.6 is 11.8 Å². The summed E-state index contributed by atoms with van der Waals surface area (Å²) in [6.45, 7) is 0.280. The Morgan fingerprint density at radius 2 is 2.19 bits per heavy atom. The van der Waals surface area contributed by atoms with Crippen LogP contribution in [0.1, 0.15) is 12.0 Å². The predicted molar refractivity (Wildman–Crippen MR) is 81.1 cm³/mol. The number of hydrogen-bond donors (Lipinski definition) is 0. The number of nitrogens with zero attached hydrogens (tertiary/aromatic N) is 1. The summed E-state index contributed by atoms with van der Waals surface area (Å²) < 4.78 is 4.85. The summed E-state index contributed by atoms with van der Waals surface area (Å²) in [6.07, 6.45) is 4.21. The van der Waals surface area contributed by atoms with E-state index < -0.39 is 16.7 Å². The average Bonchev–Trinajstić information content (AvgIpc) is 2.45. The molecule has 0 aliphatic rings. The fourth-order valence-electron chi connectivity index (χ4n) is 1.42. The molecule has 7 heteroatoms. The predicted octanol–water partition coefficient (Wildman–Crippen LogP) is 2.47. The molecule has 1 rings (SSSR count). The second-order valence-electron chi connectivity index (χ2n) is 4.04. The molecule has 21 heavy (non-hydrogen) atoms. The largest absolute Gasteiger partial charge is 0.464 e. The molecule has 0 bridgehead atoms. The van der Waals surface area contributed by atoms with Crippen LogP contribution in [0, 0.1) is 10.1 Å². The van der Waals surface area contributed by atoms with Gasteiger partial charge in [0.1, 0.15) is 13.0 Å². The average molecular weight is 309 g/mol. The molecule has 0 atom stereocenters. The van der Waals surface area contributed by atoms with Gasteiger partial charge in [0.25, 0.3) is 5.69 Å². The van der Waals surface area contributed by atoms with Gasteiger partial charge >= 0.3 is 5.97 Å². The van der Waals surface area contributed by atoms with E-state index in [0.717, 1.165) is 0 Å². The van der Waals surface area contributed by atoms with Gasteiger partial charge in [0, 0.05) is 17.9 Å². The lowest BCUT2D eigenvalue weighted by atomic mass is 10.1. The first-order chi connectivity index (χ1) is 10.0. The molecular weight excluding hydrogens is 294 g/mol. The normalized spacial score (nSPS) is 10.5. The zero-order valence-corrected chi connectivity index (χ0v) is 12.3. The molecule has 0 N–H and O–H groups in total. The number of esters is 1. The zero-order valence-electron chi connectivity index (χ0n) is 11.5. The van der Waals surface area contributed by atoms with E-state index in [-0.39, 0.29) is 18.7 Å². The monoisotopic (exact) mass is 309 g/mol. The topological polar surface area (TPSA) is 86.5 Å². The number of nitro benzene ring substituents is 1. The van der Waals surface area contributed by atoms with E-state index in [0.29, 0.717) is 11.3 Å². The van der Waals surface area contributed by atoms with Crippen LogP contribution in [-0.4, -0.2) is 35.3 Å². The Kier molecular flexibility index (Phi) is 7.17. The third-order valence-electron chi connectivity index (χ3n) is 2.41. The highest BCUT2D eigenvalue weighted by molar-refractivity contribution is 7.98. The van der Waals surface area contributed by atoms with E-state index in [2.05, 4.69) is 0 Å². The van der Waals surface area contributed by atoms with E-state index in [4.69, 9.17) is 4.74 Å². The molecule has 0 radical (unpaired) electrons. The summed E-state index contributed by atoms with van der Waals surface area (Å²) in [6, 6.07) is 5.87. The molecule has 6 nitrogen and oxygen atoms in total. The van der Waals surface area contributed by atoms with Crippen molar-refractivity contribution in [2.75, 3.05) is 18.6 Å². The summed E-state index contributed by atoms with van der Waals surface area (Å²) in [4.78, 5) is 33.0. The van der Waals surface area contributed by atoms with E-state index in [1.165, 1.54) is 30.4 Å². The minimum absolute atomic E-state index is 0.0546.